The first-order chi connectivity index (χ1) is 10.9. The first-order valence-corrected chi connectivity index (χ1v) is 9.23. The molecule has 0 spiro atoms. The highest BCUT2D eigenvalue weighted by Gasteiger charge is 2.06. The number of carbonyl (C=O) groups is 1. The van der Waals surface area contributed by atoms with Gasteiger partial charge in [-0.05, 0) is 23.3 Å². The number of hydrogen-bond acceptors (Lipinski definition) is 4. The van der Waals surface area contributed by atoms with E-state index in [1.54, 1.807) is 12.1 Å². The molecule has 0 bridgehead atoms. The second-order valence-corrected chi connectivity index (χ2v) is 7.42. The highest BCUT2D eigenvalue weighted by molar-refractivity contribution is 7.90. The van der Waals surface area contributed by atoms with E-state index >= 15 is 0 Å². The SMILES string of the molecule is CS(=O)(=O)CCNC(=O)COc1ccc(-c2ccccc2)cc1. The van der Waals surface area contributed by atoms with Gasteiger partial charge in [0.25, 0.3) is 5.91 Å². The van der Waals surface area contributed by atoms with Crippen LogP contribution in [0.5, 0.6) is 5.75 Å². The Kier molecular flexibility index (Phi) is 5.76. The van der Waals surface area contributed by atoms with Gasteiger partial charge in [-0.25, -0.2) is 8.42 Å². The summed E-state index contributed by atoms with van der Waals surface area (Å²) in [5.41, 5.74) is 2.17. The molecule has 0 saturated carbocycles. The summed E-state index contributed by atoms with van der Waals surface area (Å²) in [7, 11) is -3.07. The minimum atomic E-state index is -3.07. The number of ether oxygens (including phenoxy) is 1. The summed E-state index contributed by atoms with van der Waals surface area (Å²) >= 11 is 0. The number of hydrogen-bond donors (Lipinski definition) is 1. The van der Waals surface area contributed by atoms with Crippen molar-refractivity contribution < 1.29 is 17.9 Å². The summed E-state index contributed by atoms with van der Waals surface area (Å²) in [4.78, 5) is 11.6. The molecule has 0 radical (unpaired) electrons. The van der Waals surface area contributed by atoms with E-state index < -0.39 is 9.84 Å². The minimum absolute atomic E-state index is 0.0789. The molecule has 0 aliphatic rings. The molecule has 2 aromatic carbocycles. The van der Waals surface area contributed by atoms with Gasteiger partial charge in [-0.2, -0.15) is 0 Å². The standard InChI is InChI=1S/C17H19NO4S/c1-23(20,21)12-11-18-17(19)13-22-16-9-7-15(8-10-16)14-5-3-2-4-6-14/h2-10H,11-13H2,1H3,(H,18,19). The number of amides is 1. The summed E-state index contributed by atoms with van der Waals surface area (Å²) in [6, 6.07) is 17.4. The predicted molar refractivity (Wildman–Crippen MR) is 90.1 cm³/mol. The number of sulfone groups is 1. The molecule has 1 N–H and O–H groups in total. The van der Waals surface area contributed by atoms with Crippen LogP contribution in [0, 0.1) is 0 Å². The highest BCUT2D eigenvalue weighted by atomic mass is 32.2. The van der Waals surface area contributed by atoms with Crippen molar-refractivity contribution in [2.75, 3.05) is 25.2 Å². The van der Waals surface area contributed by atoms with Crippen molar-refractivity contribution in [1.29, 1.82) is 0 Å². The zero-order valence-corrected chi connectivity index (χ0v) is 13.7. The van der Waals surface area contributed by atoms with E-state index in [1.165, 1.54) is 0 Å². The molecule has 0 aliphatic carbocycles. The third-order valence-electron chi connectivity index (χ3n) is 3.13. The van der Waals surface area contributed by atoms with Gasteiger partial charge >= 0.3 is 0 Å². The predicted octanol–water partition coefficient (Wildman–Crippen LogP) is 1.89. The molecule has 0 fully saturated rings. The second-order valence-electron chi connectivity index (χ2n) is 5.16. The van der Waals surface area contributed by atoms with Crippen LogP contribution < -0.4 is 10.1 Å². The summed E-state index contributed by atoms with van der Waals surface area (Å²) in [5, 5.41) is 2.50. The fraction of sp³-hybridized carbons (Fsp3) is 0.235. The molecule has 122 valence electrons. The number of nitrogens with one attached hydrogen (secondary N) is 1. The van der Waals surface area contributed by atoms with Crippen LogP contribution in [0.4, 0.5) is 0 Å². The third-order valence-corrected chi connectivity index (χ3v) is 4.07. The van der Waals surface area contributed by atoms with Crippen molar-refractivity contribution >= 4 is 15.7 Å². The molecule has 1 amide bonds. The van der Waals surface area contributed by atoms with Crippen LogP contribution in [0.1, 0.15) is 0 Å². The molecule has 0 heterocycles. The van der Waals surface area contributed by atoms with Gasteiger partial charge in [0.1, 0.15) is 15.6 Å². The van der Waals surface area contributed by atoms with E-state index in [0.717, 1.165) is 17.4 Å². The molecule has 2 aromatic rings. The molecule has 5 nitrogen and oxygen atoms in total. The van der Waals surface area contributed by atoms with E-state index in [0.29, 0.717) is 5.75 Å². The Morgan fingerprint density at radius 3 is 2.22 bits per heavy atom. The van der Waals surface area contributed by atoms with Gasteiger partial charge in [-0.1, -0.05) is 42.5 Å². The Bertz CT molecular complexity index is 740. The zero-order chi connectivity index (χ0) is 16.7. The summed E-state index contributed by atoms with van der Waals surface area (Å²) < 4.78 is 27.3. The van der Waals surface area contributed by atoms with E-state index in [1.807, 2.05) is 42.5 Å². The number of carbonyl (C=O) groups excluding carboxylic acids is 1. The number of benzene rings is 2. The lowest BCUT2D eigenvalue weighted by molar-refractivity contribution is -0.122. The van der Waals surface area contributed by atoms with Gasteiger partial charge < -0.3 is 10.1 Å². The van der Waals surface area contributed by atoms with Crippen LogP contribution in [0.3, 0.4) is 0 Å². The zero-order valence-electron chi connectivity index (χ0n) is 12.9. The van der Waals surface area contributed by atoms with E-state index in [4.69, 9.17) is 4.74 Å². The molecule has 23 heavy (non-hydrogen) atoms. The van der Waals surface area contributed by atoms with Crippen LogP contribution in [0.15, 0.2) is 54.6 Å². The Labute approximate surface area is 136 Å². The maximum atomic E-state index is 11.6. The van der Waals surface area contributed by atoms with Crippen molar-refractivity contribution in [3.63, 3.8) is 0 Å². The maximum absolute atomic E-state index is 11.6. The van der Waals surface area contributed by atoms with Crippen LogP contribution in [0.25, 0.3) is 11.1 Å². The Balaban J connectivity index is 1.81. The fourth-order valence-corrected chi connectivity index (χ4v) is 2.42. The molecule has 6 heteroatoms. The number of rotatable bonds is 7. The molecule has 0 saturated heterocycles. The van der Waals surface area contributed by atoms with Crippen molar-refractivity contribution in [2.45, 2.75) is 0 Å². The first-order valence-electron chi connectivity index (χ1n) is 7.17. The normalized spacial score (nSPS) is 11.0. The van der Waals surface area contributed by atoms with E-state index in [2.05, 4.69) is 5.32 Å². The third kappa shape index (κ3) is 6.12. The summed E-state index contributed by atoms with van der Waals surface area (Å²) in [6.45, 7) is -0.0532. The average molecular weight is 333 g/mol. The summed E-state index contributed by atoms with van der Waals surface area (Å²) in [5.74, 6) is 0.161. The van der Waals surface area contributed by atoms with Gasteiger partial charge in [0, 0.05) is 12.8 Å². The highest BCUT2D eigenvalue weighted by Crippen LogP contribution is 2.21. The molecular weight excluding hydrogens is 314 g/mol. The fourth-order valence-electron chi connectivity index (χ4n) is 1.95. The molecule has 0 atom stereocenters. The van der Waals surface area contributed by atoms with Gasteiger partial charge in [0.15, 0.2) is 6.61 Å². The van der Waals surface area contributed by atoms with Gasteiger partial charge in [0.05, 0.1) is 5.75 Å². The quantitative estimate of drug-likeness (QED) is 0.840. The molecule has 0 aromatic heterocycles. The van der Waals surface area contributed by atoms with Crippen molar-refractivity contribution in [1.82, 2.24) is 5.32 Å². The first kappa shape index (κ1) is 17.0. The minimum Gasteiger partial charge on any atom is -0.484 e. The Morgan fingerprint density at radius 2 is 1.61 bits per heavy atom. The maximum Gasteiger partial charge on any atom is 0.257 e. The summed E-state index contributed by atoms with van der Waals surface area (Å²) in [6.07, 6.45) is 1.13. The smallest absolute Gasteiger partial charge is 0.257 e. The van der Waals surface area contributed by atoms with Gasteiger partial charge in [-0.3, -0.25) is 4.79 Å². The lowest BCUT2D eigenvalue weighted by Gasteiger charge is -2.08. The lowest BCUT2D eigenvalue weighted by atomic mass is 10.1. The molecular formula is C17H19NO4S. The van der Waals surface area contributed by atoms with E-state index in [-0.39, 0.29) is 24.8 Å². The average Bonchev–Trinajstić information content (AvgIpc) is 2.53. The van der Waals surface area contributed by atoms with Crippen LogP contribution in [-0.4, -0.2) is 39.5 Å². The van der Waals surface area contributed by atoms with E-state index in [9.17, 15) is 13.2 Å². The van der Waals surface area contributed by atoms with Crippen molar-refractivity contribution in [3.8, 4) is 16.9 Å². The van der Waals surface area contributed by atoms with Crippen LogP contribution in [0.2, 0.25) is 0 Å². The Morgan fingerprint density at radius 1 is 1.00 bits per heavy atom. The van der Waals surface area contributed by atoms with Gasteiger partial charge in [-0.15, -0.1) is 0 Å². The lowest BCUT2D eigenvalue weighted by Crippen LogP contribution is -2.32. The topological polar surface area (TPSA) is 72.5 Å². The van der Waals surface area contributed by atoms with Crippen LogP contribution in [-0.2, 0) is 14.6 Å². The van der Waals surface area contributed by atoms with Crippen molar-refractivity contribution in [2.24, 2.45) is 0 Å². The Hall–Kier alpha value is -2.34. The molecule has 0 aliphatic heterocycles. The molecule has 2 rings (SSSR count). The van der Waals surface area contributed by atoms with Gasteiger partial charge in [0.2, 0.25) is 0 Å². The monoisotopic (exact) mass is 333 g/mol. The van der Waals surface area contributed by atoms with Crippen LogP contribution >= 0.6 is 0 Å². The van der Waals surface area contributed by atoms with Crippen molar-refractivity contribution in [3.05, 3.63) is 54.6 Å². The largest absolute Gasteiger partial charge is 0.484 e. The molecule has 0 unspecified atom stereocenters. The second kappa shape index (κ2) is 7.78.